The van der Waals surface area contributed by atoms with E-state index < -0.39 is 0 Å². The maximum Gasteiger partial charge on any atom is 0.126 e. The molecule has 0 spiro atoms. The number of rotatable bonds is 8. The summed E-state index contributed by atoms with van der Waals surface area (Å²) < 4.78 is 13.8. The maximum absolute atomic E-state index is 13.8. The number of nitrogens with zero attached hydrogens (tertiary/aromatic N) is 1. The highest BCUT2D eigenvalue weighted by atomic mass is 19.1. The SMILES string of the molecule is CCCNC(CCc1ccccn1)Cc1ccccc1F. The van der Waals surface area contributed by atoms with Crippen molar-refractivity contribution in [3.05, 3.63) is 65.7 Å². The first kappa shape index (κ1) is 15.6. The Morgan fingerprint density at radius 3 is 2.67 bits per heavy atom. The van der Waals surface area contributed by atoms with Gasteiger partial charge in [0.1, 0.15) is 5.82 Å². The zero-order chi connectivity index (χ0) is 14.9. The number of pyridine rings is 1. The average Bonchev–Trinajstić information content (AvgIpc) is 2.53. The van der Waals surface area contributed by atoms with Gasteiger partial charge in [-0.05, 0) is 56.0 Å². The Morgan fingerprint density at radius 1 is 1.14 bits per heavy atom. The van der Waals surface area contributed by atoms with Crippen molar-refractivity contribution in [1.29, 1.82) is 0 Å². The van der Waals surface area contributed by atoms with E-state index in [2.05, 4.69) is 17.2 Å². The Labute approximate surface area is 126 Å². The largest absolute Gasteiger partial charge is 0.314 e. The molecule has 2 aromatic rings. The highest BCUT2D eigenvalue weighted by Crippen LogP contribution is 2.12. The molecule has 1 aromatic carbocycles. The summed E-state index contributed by atoms with van der Waals surface area (Å²) in [5, 5.41) is 3.52. The van der Waals surface area contributed by atoms with E-state index in [0.29, 0.717) is 0 Å². The van der Waals surface area contributed by atoms with Gasteiger partial charge in [-0.3, -0.25) is 4.98 Å². The van der Waals surface area contributed by atoms with Crippen molar-refractivity contribution < 1.29 is 4.39 Å². The summed E-state index contributed by atoms with van der Waals surface area (Å²) in [4.78, 5) is 4.35. The Bertz CT molecular complexity index is 528. The second kappa shape index (κ2) is 8.53. The molecule has 1 unspecified atom stereocenters. The lowest BCUT2D eigenvalue weighted by molar-refractivity contribution is 0.466. The fourth-order valence-electron chi connectivity index (χ4n) is 2.42. The standard InChI is InChI=1S/C18H23FN2/c1-2-12-20-17(11-10-16-8-5-6-13-21-16)14-15-7-3-4-9-18(15)19/h3-9,13,17,20H,2,10-12,14H2,1H3. The van der Waals surface area contributed by atoms with Crippen LogP contribution in [0.1, 0.15) is 31.0 Å². The molecule has 2 nitrogen and oxygen atoms in total. The fraction of sp³-hybridized carbons (Fsp3) is 0.389. The van der Waals surface area contributed by atoms with E-state index in [1.807, 2.05) is 36.5 Å². The van der Waals surface area contributed by atoms with Gasteiger partial charge >= 0.3 is 0 Å². The average molecular weight is 286 g/mol. The van der Waals surface area contributed by atoms with Gasteiger partial charge in [-0.15, -0.1) is 0 Å². The number of nitrogens with one attached hydrogen (secondary N) is 1. The van der Waals surface area contributed by atoms with E-state index in [0.717, 1.165) is 43.5 Å². The Balaban J connectivity index is 1.96. The molecular formula is C18H23FN2. The van der Waals surface area contributed by atoms with Gasteiger partial charge in [0.05, 0.1) is 0 Å². The highest BCUT2D eigenvalue weighted by molar-refractivity contribution is 5.18. The van der Waals surface area contributed by atoms with Crippen molar-refractivity contribution >= 4 is 0 Å². The summed E-state index contributed by atoms with van der Waals surface area (Å²) in [6.07, 6.45) is 5.50. The number of halogens is 1. The Morgan fingerprint density at radius 2 is 1.95 bits per heavy atom. The first-order chi connectivity index (χ1) is 10.3. The van der Waals surface area contributed by atoms with Crippen LogP contribution in [0.25, 0.3) is 0 Å². The number of hydrogen-bond acceptors (Lipinski definition) is 2. The molecule has 0 aliphatic heterocycles. The zero-order valence-corrected chi connectivity index (χ0v) is 12.6. The molecule has 1 N–H and O–H groups in total. The summed E-state index contributed by atoms with van der Waals surface area (Å²) in [6, 6.07) is 13.3. The van der Waals surface area contributed by atoms with Gasteiger partial charge in [-0.1, -0.05) is 31.2 Å². The lowest BCUT2D eigenvalue weighted by Crippen LogP contribution is -2.32. The van der Waals surface area contributed by atoms with Crippen LogP contribution in [0.4, 0.5) is 4.39 Å². The van der Waals surface area contributed by atoms with Crippen LogP contribution >= 0.6 is 0 Å². The molecule has 0 aliphatic carbocycles. The van der Waals surface area contributed by atoms with Crippen LogP contribution in [0.2, 0.25) is 0 Å². The normalized spacial score (nSPS) is 12.3. The molecule has 1 atom stereocenters. The molecule has 1 heterocycles. The Hall–Kier alpha value is -1.74. The van der Waals surface area contributed by atoms with Crippen molar-refractivity contribution in [1.82, 2.24) is 10.3 Å². The third-order valence-corrected chi connectivity index (χ3v) is 3.58. The van der Waals surface area contributed by atoms with Crippen LogP contribution in [-0.2, 0) is 12.8 Å². The van der Waals surface area contributed by atoms with Gasteiger partial charge in [0.15, 0.2) is 0 Å². The molecular weight excluding hydrogens is 263 g/mol. The van der Waals surface area contributed by atoms with Gasteiger partial charge in [-0.25, -0.2) is 4.39 Å². The van der Waals surface area contributed by atoms with Crippen LogP contribution < -0.4 is 5.32 Å². The van der Waals surface area contributed by atoms with Gasteiger partial charge in [-0.2, -0.15) is 0 Å². The third kappa shape index (κ3) is 5.27. The minimum Gasteiger partial charge on any atom is -0.314 e. The first-order valence-corrected chi connectivity index (χ1v) is 7.66. The molecule has 0 saturated heterocycles. The van der Waals surface area contributed by atoms with Gasteiger partial charge in [0.25, 0.3) is 0 Å². The van der Waals surface area contributed by atoms with Crippen molar-refractivity contribution in [3.63, 3.8) is 0 Å². The summed E-state index contributed by atoms with van der Waals surface area (Å²) >= 11 is 0. The molecule has 0 aliphatic rings. The molecule has 3 heteroatoms. The van der Waals surface area contributed by atoms with Crippen LogP contribution in [0.15, 0.2) is 48.7 Å². The van der Waals surface area contributed by atoms with Crippen molar-refractivity contribution in [2.45, 2.75) is 38.6 Å². The van der Waals surface area contributed by atoms with Crippen molar-refractivity contribution in [2.24, 2.45) is 0 Å². The second-order valence-corrected chi connectivity index (χ2v) is 5.31. The minimum absolute atomic E-state index is 0.112. The third-order valence-electron chi connectivity index (χ3n) is 3.58. The summed E-state index contributed by atoms with van der Waals surface area (Å²) in [5.41, 5.74) is 1.88. The predicted octanol–water partition coefficient (Wildman–Crippen LogP) is 3.76. The number of benzene rings is 1. The van der Waals surface area contributed by atoms with Crippen LogP contribution in [0.3, 0.4) is 0 Å². The van der Waals surface area contributed by atoms with Crippen LogP contribution in [0, 0.1) is 5.82 Å². The highest BCUT2D eigenvalue weighted by Gasteiger charge is 2.12. The van der Waals surface area contributed by atoms with Gasteiger partial charge < -0.3 is 5.32 Å². The van der Waals surface area contributed by atoms with E-state index in [-0.39, 0.29) is 11.9 Å². The smallest absolute Gasteiger partial charge is 0.126 e. The molecule has 1 aromatic heterocycles. The number of aromatic nitrogens is 1. The molecule has 0 bridgehead atoms. The minimum atomic E-state index is -0.112. The summed E-state index contributed by atoms with van der Waals surface area (Å²) in [7, 11) is 0. The van der Waals surface area contributed by atoms with Crippen LogP contribution in [0.5, 0.6) is 0 Å². The van der Waals surface area contributed by atoms with E-state index in [1.165, 1.54) is 6.07 Å². The number of aryl methyl sites for hydroxylation is 1. The topological polar surface area (TPSA) is 24.9 Å². The van der Waals surface area contributed by atoms with E-state index in [1.54, 1.807) is 6.07 Å². The molecule has 0 radical (unpaired) electrons. The van der Waals surface area contributed by atoms with Crippen molar-refractivity contribution in [3.8, 4) is 0 Å². The fourth-order valence-corrected chi connectivity index (χ4v) is 2.42. The number of hydrogen-bond donors (Lipinski definition) is 1. The molecule has 0 amide bonds. The zero-order valence-electron chi connectivity index (χ0n) is 12.6. The van der Waals surface area contributed by atoms with Crippen LogP contribution in [-0.4, -0.2) is 17.6 Å². The van der Waals surface area contributed by atoms with Gasteiger partial charge in [0.2, 0.25) is 0 Å². The summed E-state index contributed by atoms with van der Waals surface area (Å²) in [5.74, 6) is -0.112. The molecule has 112 valence electrons. The quantitative estimate of drug-likeness (QED) is 0.799. The maximum atomic E-state index is 13.8. The Kier molecular flexibility index (Phi) is 6.35. The molecule has 21 heavy (non-hydrogen) atoms. The van der Waals surface area contributed by atoms with E-state index in [4.69, 9.17) is 0 Å². The second-order valence-electron chi connectivity index (χ2n) is 5.31. The predicted molar refractivity (Wildman–Crippen MR) is 84.7 cm³/mol. The molecule has 0 fully saturated rings. The van der Waals surface area contributed by atoms with E-state index >= 15 is 0 Å². The van der Waals surface area contributed by atoms with Crippen molar-refractivity contribution in [2.75, 3.05) is 6.54 Å². The van der Waals surface area contributed by atoms with E-state index in [9.17, 15) is 4.39 Å². The summed E-state index contributed by atoms with van der Waals surface area (Å²) in [6.45, 7) is 3.10. The first-order valence-electron chi connectivity index (χ1n) is 7.66. The van der Waals surface area contributed by atoms with Gasteiger partial charge in [0, 0.05) is 17.9 Å². The monoisotopic (exact) mass is 286 g/mol. The molecule has 0 saturated carbocycles. The lowest BCUT2D eigenvalue weighted by atomic mass is 10.00. The molecule has 2 rings (SSSR count). The lowest BCUT2D eigenvalue weighted by Gasteiger charge is -2.19.